The second kappa shape index (κ2) is 11.4. The van der Waals surface area contributed by atoms with Crippen molar-refractivity contribution >= 4 is 39.1 Å². The number of sulfonamides is 1. The zero-order valence-corrected chi connectivity index (χ0v) is 21.0. The first-order valence-electron chi connectivity index (χ1n) is 10.4. The van der Waals surface area contributed by atoms with E-state index >= 15 is 0 Å². The van der Waals surface area contributed by atoms with E-state index in [9.17, 15) is 18.0 Å². The van der Waals surface area contributed by atoms with E-state index in [1.54, 1.807) is 6.92 Å². The first kappa shape index (κ1) is 26.5. The normalized spacial score (nSPS) is 12.1. The molecule has 0 aliphatic carbocycles. The van der Waals surface area contributed by atoms with Crippen LogP contribution in [-0.2, 0) is 26.2 Å². The first-order valence-corrected chi connectivity index (χ1v) is 12.6. The summed E-state index contributed by atoms with van der Waals surface area (Å²) in [5.74, 6) is -0.451. The number of anilines is 1. The Morgan fingerprint density at radius 3 is 2.39 bits per heavy atom. The molecule has 0 fully saturated rings. The lowest BCUT2D eigenvalue weighted by atomic mass is 10.1. The fraction of sp³-hybridized carbons (Fsp3) is 0.391. The maximum atomic E-state index is 13.5. The van der Waals surface area contributed by atoms with E-state index < -0.39 is 28.5 Å². The van der Waals surface area contributed by atoms with E-state index in [1.165, 1.54) is 37.3 Å². The molecule has 0 bridgehead atoms. The van der Waals surface area contributed by atoms with Crippen LogP contribution in [0.4, 0.5) is 5.69 Å². The highest BCUT2D eigenvalue weighted by molar-refractivity contribution is 7.92. The number of benzene rings is 2. The number of aryl methyl sites for hydroxylation is 1. The van der Waals surface area contributed by atoms with Crippen molar-refractivity contribution in [2.24, 2.45) is 0 Å². The number of carbonyl (C=O) groups is 2. The van der Waals surface area contributed by atoms with E-state index in [4.69, 9.17) is 16.3 Å². The molecular formula is C23H30ClN3O5S. The van der Waals surface area contributed by atoms with Crippen LogP contribution in [0.5, 0.6) is 5.75 Å². The van der Waals surface area contributed by atoms with Gasteiger partial charge in [0.05, 0.1) is 24.1 Å². The van der Waals surface area contributed by atoms with E-state index in [0.717, 1.165) is 21.7 Å². The van der Waals surface area contributed by atoms with Gasteiger partial charge in [-0.25, -0.2) is 8.42 Å². The summed E-state index contributed by atoms with van der Waals surface area (Å²) in [6.07, 6.45) is 1.38. The minimum absolute atomic E-state index is 0.160. The summed E-state index contributed by atoms with van der Waals surface area (Å²) in [7, 11) is -0.882. The number of nitrogens with zero attached hydrogens (tertiary/aromatic N) is 2. The van der Waals surface area contributed by atoms with Crippen LogP contribution >= 0.6 is 11.6 Å². The van der Waals surface area contributed by atoms with Crippen molar-refractivity contribution in [1.82, 2.24) is 10.2 Å². The molecule has 2 amide bonds. The Kier molecular flexibility index (Phi) is 9.13. The third-order valence-corrected chi connectivity index (χ3v) is 6.61. The summed E-state index contributed by atoms with van der Waals surface area (Å²) in [4.78, 5) is 27.4. The van der Waals surface area contributed by atoms with Crippen LogP contribution in [-0.4, -0.2) is 58.1 Å². The first-order chi connectivity index (χ1) is 15.5. The predicted molar refractivity (Wildman–Crippen MR) is 130 cm³/mol. The standard InChI is InChI=1S/C23H30ClN3O5S/c1-6-20(23(29)25-3)26(14-17-9-7-8-16(2)12-17)22(28)15-27(33(5,30)31)18-10-11-21(32-4)19(24)13-18/h7-13,20H,6,14-15H2,1-5H3,(H,25,29). The summed E-state index contributed by atoms with van der Waals surface area (Å²) < 4.78 is 31.3. The number of hydrogen-bond donors (Lipinski definition) is 1. The number of ether oxygens (including phenoxy) is 1. The number of nitrogens with one attached hydrogen (secondary N) is 1. The average Bonchev–Trinajstić information content (AvgIpc) is 2.76. The largest absolute Gasteiger partial charge is 0.495 e. The molecule has 0 spiro atoms. The SMILES string of the molecule is CCC(C(=O)NC)N(Cc1cccc(C)c1)C(=O)CN(c1ccc(OC)c(Cl)c1)S(C)(=O)=O. The minimum atomic E-state index is -3.83. The maximum absolute atomic E-state index is 13.5. The molecule has 0 radical (unpaired) electrons. The number of methoxy groups -OCH3 is 1. The lowest BCUT2D eigenvalue weighted by Crippen LogP contribution is -2.51. The van der Waals surface area contributed by atoms with Gasteiger partial charge in [0.2, 0.25) is 21.8 Å². The van der Waals surface area contributed by atoms with Crippen molar-refractivity contribution in [3.63, 3.8) is 0 Å². The van der Waals surface area contributed by atoms with Crippen molar-refractivity contribution in [2.45, 2.75) is 32.9 Å². The maximum Gasteiger partial charge on any atom is 0.244 e. The summed E-state index contributed by atoms with van der Waals surface area (Å²) >= 11 is 6.18. The topological polar surface area (TPSA) is 96.0 Å². The van der Waals surface area contributed by atoms with Gasteiger partial charge in [0.25, 0.3) is 0 Å². The number of hydrogen-bond acceptors (Lipinski definition) is 5. The fourth-order valence-electron chi connectivity index (χ4n) is 3.52. The summed E-state index contributed by atoms with van der Waals surface area (Å²) in [5.41, 5.74) is 2.07. The highest BCUT2D eigenvalue weighted by atomic mass is 35.5. The smallest absolute Gasteiger partial charge is 0.244 e. The van der Waals surface area contributed by atoms with E-state index in [1.807, 2.05) is 31.2 Å². The molecule has 0 aliphatic rings. The lowest BCUT2D eigenvalue weighted by Gasteiger charge is -2.32. The van der Waals surface area contributed by atoms with Crippen LogP contribution < -0.4 is 14.4 Å². The van der Waals surface area contributed by atoms with Crippen LogP contribution in [0.1, 0.15) is 24.5 Å². The second-order valence-electron chi connectivity index (χ2n) is 7.64. The van der Waals surface area contributed by atoms with Gasteiger partial charge >= 0.3 is 0 Å². The van der Waals surface area contributed by atoms with Gasteiger partial charge in [0, 0.05) is 13.6 Å². The monoisotopic (exact) mass is 495 g/mol. The average molecular weight is 496 g/mol. The van der Waals surface area contributed by atoms with Crippen LogP contribution in [0.3, 0.4) is 0 Å². The molecule has 1 N–H and O–H groups in total. The summed E-state index contributed by atoms with van der Waals surface area (Å²) in [5, 5.41) is 2.80. The minimum Gasteiger partial charge on any atom is -0.495 e. The van der Waals surface area contributed by atoms with Crippen LogP contribution in [0.2, 0.25) is 5.02 Å². The van der Waals surface area contributed by atoms with Gasteiger partial charge in [0.1, 0.15) is 18.3 Å². The number of amides is 2. The molecule has 1 unspecified atom stereocenters. The van der Waals surface area contributed by atoms with E-state index in [-0.39, 0.29) is 23.2 Å². The molecule has 0 saturated carbocycles. The zero-order valence-electron chi connectivity index (χ0n) is 19.5. The molecule has 33 heavy (non-hydrogen) atoms. The van der Waals surface area contributed by atoms with Crippen molar-refractivity contribution in [3.8, 4) is 5.75 Å². The summed E-state index contributed by atoms with van der Waals surface area (Å²) in [6, 6.07) is 11.3. The van der Waals surface area contributed by atoms with Crippen molar-refractivity contribution < 1.29 is 22.7 Å². The van der Waals surface area contributed by atoms with Crippen LogP contribution in [0.25, 0.3) is 0 Å². The second-order valence-corrected chi connectivity index (χ2v) is 9.95. The fourth-order valence-corrected chi connectivity index (χ4v) is 4.61. The Balaban J connectivity index is 2.45. The molecule has 0 aliphatic heterocycles. The Labute approximate surface area is 200 Å². The van der Waals surface area contributed by atoms with Gasteiger partial charge in [0.15, 0.2) is 0 Å². The predicted octanol–water partition coefficient (Wildman–Crippen LogP) is 2.98. The molecule has 2 aromatic rings. The summed E-state index contributed by atoms with van der Waals surface area (Å²) in [6.45, 7) is 3.41. The van der Waals surface area contributed by atoms with Gasteiger partial charge in [-0.15, -0.1) is 0 Å². The molecule has 8 nitrogen and oxygen atoms in total. The zero-order chi connectivity index (χ0) is 24.8. The van der Waals surface area contributed by atoms with Gasteiger partial charge in [-0.3, -0.25) is 13.9 Å². The quantitative estimate of drug-likeness (QED) is 0.546. The van der Waals surface area contributed by atoms with Gasteiger partial charge in [-0.2, -0.15) is 0 Å². The van der Waals surface area contributed by atoms with Crippen molar-refractivity contribution in [3.05, 3.63) is 58.6 Å². The number of likely N-dealkylation sites (N-methyl/N-ethyl adjacent to an activating group) is 1. The van der Waals surface area contributed by atoms with Crippen LogP contribution in [0.15, 0.2) is 42.5 Å². The molecule has 2 rings (SSSR count). The molecular weight excluding hydrogens is 466 g/mol. The highest BCUT2D eigenvalue weighted by Crippen LogP contribution is 2.30. The van der Waals surface area contributed by atoms with Crippen molar-refractivity contribution in [1.29, 1.82) is 0 Å². The molecule has 10 heteroatoms. The molecule has 180 valence electrons. The Morgan fingerprint density at radius 1 is 1.18 bits per heavy atom. The number of carbonyl (C=O) groups excluding carboxylic acids is 2. The molecule has 0 saturated heterocycles. The lowest BCUT2D eigenvalue weighted by molar-refractivity contribution is -0.140. The molecule has 1 atom stereocenters. The highest BCUT2D eigenvalue weighted by Gasteiger charge is 2.31. The van der Waals surface area contributed by atoms with Crippen molar-refractivity contribution in [2.75, 3.05) is 31.3 Å². The third-order valence-electron chi connectivity index (χ3n) is 5.17. The molecule has 2 aromatic carbocycles. The number of halogens is 1. The van der Waals surface area contributed by atoms with Gasteiger partial charge in [-0.1, -0.05) is 48.4 Å². The van der Waals surface area contributed by atoms with E-state index in [2.05, 4.69) is 5.32 Å². The van der Waals surface area contributed by atoms with Gasteiger partial charge < -0.3 is 15.0 Å². The Morgan fingerprint density at radius 2 is 1.88 bits per heavy atom. The molecule has 0 aromatic heterocycles. The third kappa shape index (κ3) is 6.85. The molecule has 0 heterocycles. The van der Waals surface area contributed by atoms with Gasteiger partial charge in [-0.05, 0) is 37.1 Å². The Bertz CT molecular complexity index is 1110. The Hall–Kier alpha value is -2.78. The van der Waals surface area contributed by atoms with E-state index in [0.29, 0.717) is 12.2 Å². The number of rotatable bonds is 10. The van der Waals surface area contributed by atoms with Crippen LogP contribution in [0, 0.1) is 6.92 Å².